The van der Waals surface area contributed by atoms with Crippen molar-refractivity contribution in [2.75, 3.05) is 6.61 Å². The molecule has 0 fully saturated rings. The van der Waals surface area contributed by atoms with E-state index in [2.05, 4.69) is 10.1 Å². The number of carbonyl (C=O) groups is 1. The SMILES string of the molecule is CCOC(=O)CC(C)SCc1noc(CC)n1. The van der Waals surface area contributed by atoms with Crippen LogP contribution in [-0.2, 0) is 21.7 Å². The first-order chi connectivity index (χ1) is 8.15. The fraction of sp³-hybridized carbons (Fsp3) is 0.727. The molecule has 1 rings (SSSR count). The van der Waals surface area contributed by atoms with Gasteiger partial charge in [-0.15, -0.1) is 11.8 Å². The van der Waals surface area contributed by atoms with E-state index in [0.29, 0.717) is 30.5 Å². The first kappa shape index (κ1) is 14.0. The van der Waals surface area contributed by atoms with Crippen molar-refractivity contribution in [1.29, 1.82) is 0 Å². The summed E-state index contributed by atoms with van der Waals surface area (Å²) in [4.78, 5) is 15.4. The lowest BCUT2D eigenvalue weighted by atomic mass is 10.3. The third-order valence-corrected chi connectivity index (χ3v) is 3.23. The molecule has 0 aliphatic carbocycles. The first-order valence-corrected chi connectivity index (χ1v) is 6.79. The van der Waals surface area contributed by atoms with Crippen LogP contribution in [-0.4, -0.2) is 28.0 Å². The molecule has 0 saturated heterocycles. The van der Waals surface area contributed by atoms with Gasteiger partial charge < -0.3 is 9.26 Å². The van der Waals surface area contributed by atoms with E-state index >= 15 is 0 Å². The summed E-state index contributed by atoms with van der Waals surface area (Å²) >= 11 is 1.62. The Morgan fingerprint density at radius 2 is 2.29 bits per heavy atom. The van der Waals surface area contributed by atoms with Gasteiger partial charge in [0, 0.05) is 11.7 Å². The van der Waals surface area contributed by atoms with Gasteiger partial charge in [-0.25, -0.2) is 0 Å². The Labute approximate surface area is 105 Å². The van der Waals surface area contributed by atoms with Crippen LogP contribution in [0.1, 0.15) is 38.9 Å². The second kappa shape index (κ2) is 7.32. The van der Waals surface area contributed by atoms with Gasteiger partial charge in [0.2, 0.25) is 5.89 Å². The van der Waals surface area contributed by atoms with E-state index in [4.69, 9.17) is 9.26 Å². The molecule has 5 nitrogen and oxygen atoms in total. The maximum Gasteiger partial charge on any atom is 0.306 e. The van der Waals surface area contributed by atoms with Crippen LogP contribution in [0.5, 0.6) is 0 Å². The van der Waals surface area contributed by atoms with Crippen molar-refractivity contribution in [3.63, 3.8) is 0 Å². The second-order valence-corrected chi connectivity index (χ2v) is 5.02. The molecule has 0 N–H and O–H groups in total. The highest BCUT2D eigenvalue weighted by Gasteiger charge is 2.12. The Hall–Kier alpha value is -1.04. The Kier molecular flexibility index (Phi) is 6.04. The van der Waals surface area contributed by atoms with Crippen molar-refractivity contribution in [2.45, 2.75) is 44.6 Å². The summed E-state index contributed by atoms with van der Waals surface area (Å²) in [6, 6.07) is 0. The molecule has 1 aromatic rings. The topological polar surface area (TPSA) is 65.2 Å². The normalized spacial score (nSPS) is 12.4. The van der Waals surface area contributed by atoms with Crippen LogP contribution in [0.15, 0.2) is 4.52 Å². The van der Waals surface area contributed by atoms with Gasteiger partial charge >= 0.3 is 5.97 Å². The summed E-state index contributed by atoms with van der Waals surface area (Å²) < 4.78 is 9.88. The molecule has 96 valence electrons. The summed E-state index contributed by atoms with van der Waals surface area (Å²) in [6.45, 7) is 6.19. The molecule has 17 heavy (non-hydrogen) atoms. The van der Waals surface area contributed by atoms with Crippen molar-refractivity contribution in [1.82, 2.24) is 10.1 Å². The molecule has 6 heteroatoms. The van der Waals surface area contributed by atoms with Crippen LogP contribution in [0.3, 0.4) is 0 Å². The molecule has 1 aromatic heterocycles. The van der Waals surface area contributed by atoms with Crippen molar-refractivity contribution in [3.05, 3.63) is 11.7 Å². The van der Waals surface area contributed by atoms with E-state index in [1.165, 1.54) is 0 Å². The number of carbonyl (C=O) groups excluding carboxylic acids is 1. The minimum absolute atomic E-state index is 0.158. The van der Waals surface area contributed by atoms with Crippen molar-refractivity contribution >= 4 is 17.7 Å². The molecule has 0 saturated carbocycles. The molecule has 1 atom stereocenters. The molecule has 1 heterocycles. The predicted molar refractivity (Wildman–Crippen MR) is 65.7 cm³/mol. The van der Waals surface area contributed by atoms with Crippen LogP contribution in [0.4, 0.5) is 0 Å². The second-order valence-electron chi connectivity index (χ2n) is 3.59. The summed E-state index contributed by atoms with van der Waals surface area (Å²) in [5, 5.41) is 4.04. The zero-order valence-corrected chi connectivity index (χ0v) is 11.2. The Morgan fingerprint density at radius 1 is 1.53 bits per heavy atom. The molecule has 0 bridgehead atoms. The highest BCUT2D eigenvalue weighted by Crippen LogP contribution is 2.19. The Morgan fingerprint density at radius 3 is 2.88 bits per heavy atom. The minimum Gasteiger partial charge on any atom is -0.466 e. The lowest BCUT2D eigenvalue weighted by Crippen LogP contribution is -2.10. The molecular weight excluding hydrogens is 240 g/mol. The Bertz CT molecular complexity index is 354. The van der Waals surface area contributed by atoms with Gasteiger partial charge in [0.05, 0.1) is 18.8 Å². The van der Waals surface area contributed by atoms with Crippen LogP contribution < -0.4 is 0 Å². The zero-order chi connectivity index (χ0) is 12.7. The first-order valence-electron chi connectivity index (χ1n) is 5.74. The maximum atomic E-state index is 11.2. The van der Waals surface area contributed by atoms with Gasteiger partial charge in [-0.3, -0.25) is 4.79 Å². The standard InChI is InChI=1S/C11H18N2O3S/c1-4-10-12-9(13-16-10)7-17-8(3)6-11(14)15-5-2/h8H,4-7H2,1-3H3. The quantitative estimate of drug-likeness (QED) is 0.699. The number of rotatable bonds is 7. The summed E-state index contributed by atoms with van der Waals surface area (Å²) in [6.07, 6.45) is 1.16. The van der Waals surface area contributed by atoms with Crippen molar-refractivity contribution in [3.8, 4) is 0 Å². The number of nitrogens with zero attached hydrogens (tertiary/aromatic N) is 2. The van der Waals surface area contributed by atoms with E-state index < -0.39 is 0 Å². The number of ether oxygens (including phenoxy) is 1. The van der Waals surface area contributed by atoms with Crippen LogP contribution in [0.25, 0.3) is 0 Å². The molecular formula is C11H18N2O3S. The van der Waals surface area contributed by atoms with E-state index in [-0.39, 0.29) is 11.2 Å². The average molecular weight is 258 g/mol. The molecule has 0 aromatic carbocycles. The predicted octanol–water partition coefficient (Wildman–Crippen LogP) is 2.21. The van der Waals surface area contributed by atoms with Crippen molar-refractivity contribution in [2.24, 2.45) is 0 Å². The number of thioether (sulfide) groups is 1. The van der Waals surface area contributed by atoms with E-state index in [0.717, 1.165) is 6.42 Å². The third kappa shape index (κ3) is 5.21. The number of esters is 1. The monoisotopic (exact) mass is 258 g/mol. The fourth-order valence-corrected chi connectivity index (χ4v) is 2.03. The molecule has 0 aliphatic heterocycles. The number of hydrogen-bond acceptors (Lipinski definition) is 6. The molecule has 0 aliphatic rings. The lowest BCUT2D eigenvalue weighted by molar-refractivity contribution is -0.142. The highest BCUT2D eigenvalue weighted by molar-refractivity contribution is 7.99. The highest BCUT2D eigenvalue weighted by atomic mass is 32.2. The van der Waals surface area contributed by atoms with E-state index in [1.54, 1.807) is 18.7 Å². The van der Waals surface area contributed by atoms with Gasteiger partial charge in [-0.05, 0) is 6.92 Å². The largest absolute Gasteiger partial charge is 0.466 e. The molecule has 0 radical (unpaired) electrons. The number of aromatic nitrogens is 2. The summed E-state index contributed by atoms with van der Waals surface area (Å²) in [7, 11) is 0. The zero-order valence-electron chi connectivity index (χ0n) is 10.4. The van der Waals surface area contributed by atoms with Gasteiger partial charge in [0.1, 0.15) is 0 Å². The van der Waals surface area contributed by atoms with Crippen LogP contribution in [0, 0.1) is 0 Å². The summed E-state index contributed by atoms with van der Waals surface area (Å²) in [5.41, 5.74) is 0. The smallest absolute Gasteiger partial charge is 0.306 e. The van der Waals surface area contributed by atoms with Crippen LogP contribution in [0.2, 0.25) is 0 Å². The van der Waals surface area contributed by atoms with Gasteiger partial charge in [0.15, 0.2) is 5.82 Å². The van der Waals surface area contributed by atoms with Crippen LogP contribution >= 0.6 is 11.8 Å². The summed E-state index contributed by atoms with van der Waals surface area (Å²) in [5.74, 6) is 1.83. The van der Waals surface area contributed by atoms with Gasteiger partial charge in [-0.2, -0.15) is 4.98 Å². The number of aryl methyl sites for hydroxylation is 1. The average Bonchev–Trinajstić information content (AvgIpc) is 2.74. The van der Waals surface area contributed by atoms with E-state index in [9.17, 15) is 4.79 Å². The molecule has 0 amide bonds. The Balaban J connectivity index is 2.27. The molecule has 1 unspecified atom stereocenters. The third-order valence-electron chi connectivity index (χ3n) is 2.07. The van der Waals surface area contributed by atoms with E-state index in [1.807, 2.05) is 13.8 Å². The minimum atomic E-state index is -0.158. The van der Waals surface area contributed by atoms with Gasteiger partial charge in [0.25, 0.3) is 0 Å². The molecule has 0 spiro atoms. The van der Waals surface area contributed by atoms with Gasteiger partial charge in [-0.1, -0.05) is 19.0 Å². The maximum absolute atomic E-state index is 11.2. The fourth-order valence-electron chi connectivity index (χ4n) is 1.22. The lowest BCUT2D eigenvalue weighted by Gasteiger charge is -2.08. The number of hydrogen-bond donors (Lipinski definition) is 0. The van der Waals surface area contributed by atoms with Crippen molar-refractivity contribution < 1.29 is 14.1 Å².